The lowest BCUT2D eigenvalue weighted by atomic mass is 10.3. The molecule has 0 rings (SSSR count). The molecule has 0 atom stereocenters. The highest BCUT2D eigenvalue weighted by molar-refractivity contribution is 4.50. The molecule has 0 aliphatic rings. The molecule has 0 spiro atoms. The van der Waals surface area contributed by atoms with Crippen LogP contribution in [0.15, 0.2) is 0 Å². The minimum Gasteiger partial charge on any atom is -1.00 e. The fourth-order valence-corrected chi connectivity index (χ4v) is 2.24. The van der Waals surface area contributed by atoms with Crippen LogP contribution in [0.5, 0.6) is 0 Å². The third kappa shape index (κ3) is 65.4. The second kappa shape index (κ2) is 53.7. The van der Waals surface area contributed by atoms with E-state index in [2.05, 4.69) is 16.0 Å². The maximum atomic E-state index is 5.32. The van der Waals surface area contributed by atoms with Crippen LogP contribution in [0.4, 0.5) is 0 Å². The van der Waals surface area contributed by atoms with Gasteiger partial charge in [-0.3, -0.25) is 0 Å². The van der Waals surface area contributed by atoms with E-state index in [1.54, 1.807) is 0 Å². The Bertz CT molecular complexity index is 199. The number of halogens is 3. The molecule has 0 unspecified atom stereocenters. The molecule has 12 heteroatoms. The van der Waals surface area contributed by atoms with Crippen LogP contribution in [0.2, 0.25) is 0 Å². The zero-order chi connectivity index (χ0) is 23.0. The second-order valence-corrected chi connectivity index (χ2v) is 7.16. The first-order chi connectivity index (χ1) is 14.7. The minimum atomic E-state index is 0. The highest BCUT2D eigenvalue weighted by atomic mass is 35.5. The zero-order valence-electron chi connectivity index (χ0n) is 20.9. The smallest absolute Gasteiger partial charge is 0.00369 e. The zero-order valence-corrected chi connectivity index (χ0v) is 23.2. The van der Waals surface area contributed by atoms with Gasteiger partial charge in [-0.15, -0.1) is 0 Å². The molecule has 0 radical (unpaired) electrons. The van der Waals surface area contributed by atoms with Crippen LogP contribution < -0.4 is 87.6 Å². The summed E-state index contributed by atoms with van der Waals surface area (Å²) in [5.41, 5.74) is 31.9. The van der Waals surface area contributed by atoms with Gasteiger partial charge in [-0.25, -0.2) is 0 Å². The van der Waals surface area contributed by atoms with E-state index in [0.717, 1.165) is 117 Å². The van der Waals surface area contributed by atoms with Crippen molar-refractivity contribution in [3.8, 4) is 0 Å². The molecular formula is C21H57Cl3N9-3. The monoisotopic (exact) mass is 540 g/mol. The van der Waals surface area contributed by atoms with Crippen molar-refractivity contribution >= 4 is 0 Å². The van der Waals surface area contributed by atoms with Crippen molar-refractivity contribution in [3.05, 3.63) is 0 Å². The molecule has 15 N–H and O–H groups in total. The van der Waals surface area contributed by atoms with Crippen LogP contribution in [0.25, 0.3) is 0 Å². The van der Waals surface area contributed by atoms with Crippen molar-refractivity contribution < 1.29 is 37.2 Å². The average molecular weight is 542 g/mol. The fourth-order valence-electron chi connectivity index (χ4n) is 2.24. The average Bonchev–Trinajstić information content (AvgIpc) is 2.77. The lowest BCUT2D eigenvalue weighted by Crippen LogP contribution is -3.00. The van der Waals surface area contributed by atoms with Crippen LogP contribution in [0.1, 0.15) is 57.8 Å². The highest BCUT2D eigenvalue weighted by Gasteiger charge is 1.87. The molecule has 0 fully saturated rings. The van der Waals surface area contributed by atoms with Gasteiger partial charge in [0.1, 0.15) is 0 Å². The Kier molecular flexibility index (Phi) is 76.2. The van der Waals surface area contributed by atoms with Gasteiger partial charge in [0.05, 0.1) is 0 Å². The van der Waals surface area contributed by atoms with Crippen molar-refractivity contribution in [2.75, 3.05) is 78.5 Å². The summed E-state index contributed by atoms with van der Waals surface area (Å²) >= 11 is 0. The van der Waals surface area contributed by atoms with Crippen molar-refractivity contribution in [3.63, 3.8) is 0 Å². The first-order valence-corrected chi connectivity index (χ1v) is 12.1. The summed E-state index contributed by atoms with van der Waals surface area (Å²) in [4.78, 5) is 0. The molecule has 0 heterocycles. The van der Waals surface area contributed by atoms with E-state index in [1.165, 1.54) is 19.3 Å². The van der Waals surface area contributed by atoms with Crippen molar-refractivity contribution in [1.82, 2.24) is 16.0 Å². The number of nitrogens with one attached hydrogen (secondary N) is 3. The van der Waals surface area contributed by atoms with Gasteiger partial charge in [-0.1, -0.05) is 0 Å². The SMILES string of the molecule is NCCCCNCCCN.NCCCCNCCCN.NCCCCNCCCN.[Cl-].[Cl-].[Cl-]. The van der Waals surface area contributed by atoms with Gasteiger partial charge < -0.3 is 87.6 Å². The van der Waals surface area contributed by atoms with Gasteiger partial charge in [0.15, 0.2) is 0 Å². The molecule has 0 amide bonds. The van der Waals surface area contributed by atoms with E-state index < -0.39 is 0 Å². The lowest BCUT2D eigenvalue weighted by molar-refractivity contribution is -0.00100. The first-order valence-electron chi connectivity index (χ1n) is 12.1. The molecule has 33 heavy (non-hydrogen) atoms. The Labute approximate surface area is 223 Å². The molecule has 0 bridgehead atoms. The van der Waals surface area contributed by atoms with E-state index in [0.29, 0.717) is 0 Å². The van der Waals surface area contributed by atoms with E-state index in [4.69, 9.17) is 34.4 Å². The minimum absolute atomic E-state index is 0. The number of unbranched alkanes of at least 4 members (excludes halogenated alkanes) is 3. The van der Waals surface area contributed by atoms with E-state index in [9.17, 15) is 0 Å². The molecule has 0 saturated carbocycles. The quantitative estimate of drug-likeness (QED) is 0.0634. The predicted molar refractivity (Wildman–Crippen MR) is 134 cm³/mol. The normalized spacial score (nSPS) is 9.27. The van der Waals surface area contributed by atoms with Crippen LogP contribution in [-0.4, -0.2) is 78.5 Å². The molecule has 9 nitrogen and oxygen atoms in total. The van der Waals surface area contributed by atoms with Crippen molar-refractivity contribution in [1.29, 1.82) is 0 Å². The Morgan fingerprint density at radius 1 is 0.273 bits per heavy atom. The maximum absolute atomic E-state index is 5.32. The van der Waals surface area contributed by atoms with Crippen LogP contribution in [-0.2, 0) is 0 Å². The summed E-state index contributed by atoms with van der Waals surface area (Å²) in [6, 6.07) is 0. The van der Waals surface area contributed by atoms with Crippen LogP contribution in [0.3, 0.4) is 0 Å². The molecule has 0 aromatic carbocycles. The summed E-state index contributed by atoms with van der Waals surface area (Å²) in [7, 11) is 0. The van der Waals surface area contributed by atoms with Gasteiger partial charge in [-0.05, 0) is 136 Å². The topological polar surface area (TPSA) is 192 Å². The third-order valence-corrected chi connectivity index (χ3v) is 4.10. The molecule has 0 aromatic heterocycles. The lowest BCUT2D eigenvalue weighted by Gasteiger charge is -2.01. The Hall–Kier alpha value is 0.510. The molecule has 210 valence electrons. The number of hydrogen-bond acceptors (Lipinski definition) is 9. The van der Waals surface area contributed by atoms with E-state index >= 15 is 0 Å². The second-order valence-electron chi connectivity index (χ2n) is 7.16. The summed E-state index contributed by atoms with van der Waals surface area (Å²) in [6.07, 6.45) is 10.1. The predicted octanol–water partition coefficient (Wildman–Crippen LogP) is -10.00. The van der Waals surface area contributed by atoms with Gasteiger partial charge >= 0.3 is 0 Å². The molecule has 0 aliphatic carbocycles. The first kappa shape index (κ1) is 46.8. The fraction of sp³-hybridized carbons (Fsp3) is 1.00. The molecule has 0 aliphatic heterocycles. The highest BCUT2D eigenvalue weighted by Crippen LogP contribution is 1.83. The van der Waals surface area contributed by atoms with Gasteiger partial charge in [0.2, 0.25) is 0 Å². The van der Waals surface area contributed by atoms with E-state index in [-0.39, 0.29) is 37.2 Å². The summed E-state index contributed by atoms with van der Waals surface area (Å²) in [6.45, 7) is 11.1. The number of rotatable bonds is 21. The number of hydrogen-bond donors (Lipinski definition) is 9. The van der Waals surface area contributed by atoms with Crippen molar-refractivity contribution in [2.24, 2.45) is 34.4 Å². The Balaban J connectivity index is -0.0000000792. The molecular weight excluding hydrogens is 485 g/mol. The largest absolute Gasteiger partial charge is 1.00 e. The summed E-state index contributed by atoms with van der Waals surface area (Å²) in [5.74, 6) is 0. The van der Waals surface area contributed by atoms with Crippen molar-refractivity contribution in [2.45, 2.75) is 57.8 Å². The van der Waals surface area contributed by atoms with E-state index in [1.807, 2.05) is 0 Å². The Morgan fingerprint density at radius 3 is 0.636 bits per heavy atom. The molecule has 0 aromatic rings. The van der Waals surface area contributed by atoms with Crippen LogP contribution >= 0.6 is 0 Å². The summed E-state index contributed by atoms with van der Waals surface area (Å²) in [5, 5.41) is 9.86. The summed E-state index contributed by atoms with van der Waals surface area (Å²) < 4.78 is 0. The maximum Gasteiger partial charge on any atom is -0.00369 e. The third-order valence-electron chi connectivity index (χ3n) is 4.10. The standard InChI is InChI=1S/3C7H19N3.3ClH/c3*8-4-1-2-6-10-7-3-5-9;;;/h3*10H,1-9H2;3*1H/p-3. The van der Waals surface area contributed by atoms with Crippen LogP contribution in [0, 0.1) is 0 Å². The number of nitrogens with two attached hydrogens (primary N) is 6. The molecule has 0 saturated heterocycles. The Morgan fingerprint density at radius 2 is 0.455 bits per heavy atom. The van der Waals surface area contributed by atoms with Gasteiger partial charge in [0, 0.05) is 0 Å². The van der Waals surface area contributed by atoms with Gasteiger partial charge in [0.25, 0.3) is 0 Å². The van der Waals surface area contributed by atoms with Gasteiger partial charge in [-0.2, -0.15) is 0 Å².